The molecule has 504 valence electrons. The Kier molecular flexibility index (Phi) is 20.6. The summed E-state index contributed by atoms with van der Waals surface area (Å²) in [7, 11) is -3.63. The van der Waals surface area contributed by atoms with Crippen molar-refractivity contribution in [2.45, 2.75) is 202 Å². The number of hydrogen-bond acceptors (Lipinski definition) is 18. The van der Waals surface area contributed by atoms with Gasteiger partial charge >= 0.3 is 18.2 Å². The summed E-state index contributed by atoms with van der Waals surface area (Å²) in [5, 5.41) is 32.5. The molecule has 6 aromatic carbocycles. The molecule has 6 aliphatic heterocycles. The van der Waals surface area contributed by atoms with Gasteiger partial charge in [0.15, 0.2) is 25.2 Å². The molecule has 2 amide bonds. The predicted molar refractivity (Wildman–Crippen MR) is 348 cm³/mol. The van der Waals surface area contributed by atoms with Crippen LogP contribution in [0.4, 0.5) is 9.59 Å². The van der Waals surface area contributed by atoms with Crippen LogP contribution in [0.3, 0.4) is 0 Å². The average molecular weight is 1320 g/mol. The van der Waals surface area contributed by atoms with E-state index in [4.69, 9.17) is 61.3 Å². The number of carbonyl (C=O) groups excluding carboxylic acids is 3. The van der Waals surface area contributed by atoms with Gasteiger partial charge < -0.3 is 82.1 Å². The molecule has 7 fully saturated rings. The minimum Gasteiger partial charge on any atom is -0.459 e. The molecule has 7 aliphatic rings. The highest BCUT2D eigenvalue weighted by molar-refractivity contribution is 6.99. The minimum atomic E-state index is -3.63. The molecule has 0 spiro atoms. The van der Waals surface area contributed by atoms with Crippen molar-refractivity contribution in [2.24, 2.45) is 11.8 Å². The quantitative estimate of drug-likeness (QED) is 0.0336. The van der Waals surface area contributed by atoms with Crippen molar-refractivity contribution in [2.75, 3.05) is 6.61 Å². The summed E-state index contributed by atoms with van der Waals surface area (Å²) < 4.78 is 88.9. The maximum Gasteiger partial charge on any atom is 0.407 e. The van der Waals surface area contributed by atoms with E-state index in [1.54, 1.807) is 0 Å². The zero-order valence-electron chi connectivity index (χ0n) is 54.0. The lowest BCUT2D eigenvalue weighted by molar-refractivity contribution is -0.360. The molecule has 4 N–H and O–H groups in total. The predicted octanol–water partition coefficient (Wildman–Crippen LogP) is 8.99. The van der Waals surface area contributed by atoms with E-state index in [2.05, 4.69) is 55.7 Å². The van der Waals surface area contributed by atoms with Crippen molar-refractivity contribution < 1.29 is 85.9 Å². The molecule has 0 aromatic heterocycles. The first-order chi connectivity index (χ1) is 46.1. The molecule has 6 saturated heterocycles. The first kappa shape index (κ1) is 66.7. The van der Waals surface area contributed by atoms with Crippen LogP contribution < -0.4 is 21.0 Å². The monoisotopic (exact) mass is 1320 g/mol. The van der Waals surface area contributed by atoms with Crippen molar-refractivity contribution in [1.29, 1.82) is 0 Å². The van der Waals surface area contributed by atoms with Gasteiger partial charge in [-0.3, -0.25) is 4.79 Å². The first-order valence-corrected chi connectivity index (χ1v) is 35.3. The molecule has 21 atom stereocenters. The summed E-state index contributed by atoms with van der Waals surface area (Å²) in [5.41, 5.74) is 3.19. The highest BCUT2D eigenvalue weighted by atomic mass is 28.4. The smallest absolute Gasteiger partial charge is 0.407 e. The number of nitrogens with one attached hydrogen (secondary N) is 2. The Balaban J connectivity index is 0.864. The van der Waals surface area contributed by atoms with Gasteiger partial charge in [0, 0.05) is 11.5 Å². The van der Waals surface area contributed by atoms with Crippen molar-refractivity contribution in [3.8, 4) is 0 Å². The second-order valence-electron chi connectivity index (χ2n) is 26.9. The van der Waals surface area contributed by atoms with E-state index in [9.17, 15) is 24.6 Å². The second-order valence-corrected chi connectivity index (χ2v) is 31.2. The summed E-state index contributed by atoms with van der Waals surface area (Å²) in [5.74, 6) is -1.09. The normalized spacial score (nSPS) is 33.8. The van der Waals surface area contributed by atoms with Crippen LogP contribution in [0, 0.1) is 11.8 Å². The van der Waals surface area contributed by atoms with E-state index in [1.807, 2.05) is 172 Å². The SMILES string of the molecule is CC[C@H]1O[C@@H](O[C@@H]2[C@H]3OC(=O)C[C@@H]3C[C@H](C)[C@H]2O[C@H]2O[C@@H]3COC(c4ccccc4)O[C@H]3[C@H](O)[C@H]2NC(=O)OCc2ccccc2)[C@H](O[Si](c2ccccc2)(c2ccccc2)C(C)(C)C)[C@@H]1O[C@H]1O[C@H]2CCC(c3ccccc3)O[C@H]2[C@H](O)[C@H]1NC(=O)OCc1ccccc1. The van der Waals surface area contributed by atoms with Crippen LogP contribution in [0.2, 0.25) is 5.04 Å². The number of hydrogen-bond donors (Lipinski definition) is 4. The zero-order valence-corrected chi connectivity index (χ0v) is 55.0. The van der Waals surface area contributed by atoms with E-state index >= 15 is 0 Å². The Hall–Kier alpha value is -6.93. The number of alkyl carbamates (subject to hydrolysis) is 2. The van der Waals surface area contributed by atoms with Crippen LogP contribution in [-0.4, -0.2) is 147 Å². The lowest BCUT2D eigenvalue weighted by Gasteiger charge is -2.50. The topological polar surface area (TPSA) is 236 Å². The summed E-state index contributed by atoms with van der Waals surface area (Å²) in [6.45, 7) is 10.3. The van der Waals surface area contributed by atoms with Gasteiger partial charge in [0.1, 0.15) is 80.2 Å². The van der Waals surface area contributed by atoms with Crippen LogP contribution in [-0.2, 0) is 79.3 Å². The molecular formula is C74H86N2O18Si. The number of esters is 1. The van der Waals surface area contributed by atoms with Gasteiger partial charge in [-0.1, -0.05) is 217 Å². The van der Waals surface area contributed by atoms with Gasteiger partial charge in [0.25, 0.3) is 8.32 Å². The van der Waals surface area contributed by atoms with Crippen LogP contribution >= 0.6 is 0 Å². The fourth-order valence-electron chi connectivity index (χ4n) is 15.0. The number of ether oxygens (including phenoxy) is 12. The molecule has 6 aromatic rings. The largest absolute Gasteiger partial charge is 0.459 e. The Morgan fingerprint density at radius 2 is 1.05 bits per heavy atom. The molecule has 0 bridgehead atoms. The second kappa shape index (κ2) is 29.4. The number of carbonyl (C=O) groups is 3. The molecule has 20 nitrogen and oxygen atoms in total. The Morgan fingerprint density at radius 3 is 1.60 bits per heavy atom. The number of rotatable bonds is 19. The molecule has 1 aliphatic carbocycles. The van der Waals surface area contributed by atoms with Gasteiger partial charge in [0.2, 0.25) is 0 Å². The van der Waals surface area contributed by atoms with Crippen molar-refractivity contribution in [3.63, 3.8) is 0 Å². The third-order valence-corrected chi connectivity index (χ3v) is 24.7. The summed E-state index contributed by atoms with van der Waals surface area (Å²) >= 11 is 0. The van der Waals surface area contributed by atoms with E-state index in [1.165, 1.54) is 0 Å². The molecule has 21 heteroatoms. The average Bonchev–Trinajstić information content (AvgIpc) is 1.73. The highest BCUT2D eigenvalue weighted by Gasteiger charge is 2.62. The standard InChI is InChI=1S/C74H86N2O18Si/c1-6-52-65(92-69-57(75-72(80)83-41-45-25-13-7-14-26-45)59(78)63-54(87-69)38-37-53(85-63)47-29-17-9-18-30-47)67(94-95(74(3,4)5,50-33-21-11-22-34-50)51-35-23-12-24-36-51)71(86-52)93-66-61(44(2)39-49-40-56(77)89-62(49)66)90-70-58(76-73(81)84-42-46-27-15-8-16-28-46)60(79)64-55(88-70)43-82-68(91-64)48-31-19-10-20-32-48/h7-36,44,49,52-55,57-71,78-79H,6,37-43H2,1-5H3,(H,75,80)(H,76,81)/t44-,49-,52+,53?,54-,55+,57+,58+,59+,60+,61+,62-,63+,64+,65+,66-,67+,68?,69+,70+,71-/m0/s1. The van der Waals surface area contributed by atoms with Gasteiger partial charge in [-0.25, -0.2) is 9.59 Å². The van der Waals surface area contributed by atoms with Crippen molar-refractivity contribution in [3.05, 3.63) is 204 Å². The number of aliphatic hydroxyl groups is 2. The lowest BCUT2D eigenvalue weighted by Crippen LogP contribution is -2.70. The van der Waals surface area contributed by atoms with Crippen LogP contribution in [0.25, 0.3) is 0 Å². The lowest BCUT2D eigenvalue weighted by atomic mass is 9.76. The van der Waals surface area contributed by atoms with E-state index in [0.717, 1.165) is 32.6 Å². The van der Waals surface area contributed by atoms with Gasteiger partial charge in [-0.05, 0) is 63.7 Å². The van der Waals surface area contributed by atoms with E-state index in [0.29, 0.717) is 25.7 Å². The molecule has 2 unspecified atom stereocenters. The van der Waals surface area contributed by atoms with Crippen molar-refractivity contribution >= 4 is 36.8 Å². The van der Waals surface area contributed by atoms with E-state index < -0.39 is 142 Å². The zero-order chi connectivity index (χ0) is 65.8. The molecule has 13 rings (SSSR count). The first-order valence-electron chi connectivity index (χ1n) is 33.4. The van der Waals surface area contributed by atoms with Gasteiger partial charge in [0.05, 0.1) is 37.4 Å². The molecular weight excluding hydrogens is 1230 g/mol. The summed E-state index contributed by atoms with van der Waals surface area (Å²) in [6, 6.07) is 55.4. The van der Waals surface area contributed by atoms with E-state index in [-0.39, 0.29) is 44.2 Å². The Morgan fingerprint density at radius 1 is 0.558 bits per heavy atom. The fourth-order valence-corrected chi connectivity index (χ4v) is 19.6. The maximum atomic E-state index is 14.2. The third-order valence-electron chi connectivity index (χ3n) is 19.6. The van der Waals surface area contributed by atoms with Gasteiger partial charge in [-0.15, -0.1) is 0 Å². The van der Waals surface area contributed by atoms with Crippen molar-refractivity contribution in [1.82, 2.24) is 10.6 Å². The number of benzene rings is 6. The molecule has 1 saturated carbocycles. The van der Waals surface area contributed by atoms with Crippen LogP contribution in [0.1, 0.15) is 101 Å². The Labute approximate surface area is 555 Å². The molecule has 6 heterocycles. The summed E-state index contributed by atoms with van der Waals surface area (Å²) in [6.07, 6.45) is -17.1. The van der Waals surface area contributed by atoms with Crippen LogP contribution in [0.5, 0.6) is 0 Å². The molecule has 95 heavy (non-hydrogen) atoms. The minimum absolute atomic E-state index is 0.00136. The molecule has 0 radical (unpaired) electrons. The highest BCUT2D eigenvalue weighted by Crippen LogP contribution is 2.48. The maximum absolute atomic E-state index is 14.2. The van der Waals surface area contributed by atoms with Gasteiger partial charge in [-0.2, -0.15) is 0 Å². The number of amides is 2. The number of aliphatic hydroxyl groups excluding tert-OH is 2. The fraction of sp³-hybridized carbons (Fsp3) is 0.473. The number of fused-ring (bicyclic) bond motifs is 3. The van der Waals surface area contributed by atoms with Crippen LogP contribution in [0.15, 0.2) is 182 Å². The summed E-state index contributed by atoms with van der Waals surface area (Å²) in [4.78, 5) is 41.9. The third kappa shape index (κ3) is 14.4. The Bertz CT molecular complexity index is 3430.